The standard InChI is InChI=1S/C11H18BrN3O/c1-2-7-15-10(9(12)8-14-15)11(16)3-5-13-6-4-11/h8,13,16H,2-7H2,1H3. The van der Waals surface area contributed by atoms with Crippen molar-refractivity contribution in [2.75, 3.05) is 13.1 Å². The lowest BCUT2D eigenvalue weighted by Gasteiger charge is -2.33. The Morgan fingerprint density at radius 2 is 2.25 bits per heavy atom. The average molecular weight is 288 g/mol. The predicted molar refractivity (Wildman–Crippen MR) is 66.2 cm³/mol. The van der Waals surface area contributed by atoms with E-state index >= 15 is 0 Å². The van der Waals surface area contributed by atoms with Crippen molar-refractivity contribution < 1.29 is 5.11 Å². The van der Waals surface area contributed by atoms with Gasteiger partial charge in [-0.15, -0.1) is 0 Å². The molecule has 5 heteroatoms. The van der Waals surface area contributed by atoms with E-state index in [0.717, 1.165) is 49.1 Å². The molecule has 0 bridgehead atoms. The predicted octanol–water partition coefficient (Wildman–Crippen LogP) is 1.63. The fourth-order valence-corrected chi connectivity index (χ4v) is 2.95. The maximum absolute atomic E-state index is 10.7. The highest BCUT2D eigenvalue weighted by atomic mass is 79.9. The monoisotopic (exact) mass is 287 g/mol. The Balaban J connectivity index is 2.33. The molecule has 1 aromatic heterocycles. The molecule has 0 aliphatic carbocycles. The fraction of sp³-hybridized carbons (Fsp3) is 0.727. The number of halogens is 1. The molecule has 0 radical (unpaired) electrons. The molecule has 90 valence electrons. The SMILES string of the molecule is CCCn1ncc(Br)c1C1(O)CCNCC1. The molecule has 0 amide bonds. The number of aliphatic hydroxyl groups is 1. The van der Waals surface area contributed by atoms with Gasteiger partial charge in [0, 0.05) is 6.54 Å². The molecule has 1 aliphatic heterocycles. The van der Waals surface area contributed by atoms with E-state index in [9.17, 15) is 5.11 Å². The summed E-state index contributed by atoms with van der Waals surface area (Å²) in [6, 6.07) is 0. The van der Waals surface area contributed by atoms with Crippen LogP contribution in [0.15, 0.2) is 10.7 Å². The van der Waals surface area contributed by atoms with E-state index in [1.807, 2.05) is 4.68 Å². The first kappa shape index (κ1) is 12.1. The first-order valence-corrected chi connectivity index (χ1v) is 6.61. The Morgan fingerprint density at radius 3 is 2.88 bits per heavy atom. The molecule has 1 fully saturated rings. The zero-order valence-corrected chi connectivity index (χ0v) is 11.1. The van der Waals surface area contributed by atoms with Gasteiger partial charge in [-0.1, -0.05) is 6.92 Å². The molecule has 2 N–H and O–H groups in total. The topological polar surface area (TPSA) is 50.1 Å². The van der Waals surface area contributed by atoms with Crippen LogP contribution >= 0.6 is 15.9 Å². The van der Waals surface area contributed by atoms with E-state index in [1.54, 1.807) is 6.20 Å². The first-order chi connectivity index (χ1) is 7.67. The second kappa shape index (κ2) is 4.85. The Labute approximate surface area is 104 Å². The highest BCUT2D eigenvalue weighted by Gasteiger charge is 2.36. The van der Waals surface area contributed by atoms with Crippen molar-refractivity contribution in [1.29, 1.82) is 0 Å². The number of rotatable bonds is 3. The largest absolute Gasteiger partial charge is 0.383 e. The Kier molecular flexibility index (Phi) is 3.66. The van der Waals surface area contributed by atoms with E-state index in [4.69, 9.17) is 0 Å². The molecule has 2 heterocycles. The van der Waals surface area contributed by atoms with Gasteiger partial charge in [-0.3, -0.25) is 4.68 Å². The van der Waals surface area contributed by atoms with Gasteiger partial charge in [0.15, 0.2) is 0 Å². The van der Waals surface area contributed by atoms with E-state index in [2.05, 4.69) is 33.3 Å². The van der Waals surface area contributed by atoms with Gasteiger partial charge < -0.3 is 10.4 Å². The van der Waals surface area contributed by atoms with Crippen LogP contribution in [0.1, 0.15) is 31.9 Å². The van der Waals surface area contributed by atoms with Gasteiger partial charge in [0.1, 0.15) is 5.60 Å². The van der Waals surface area contributed by atoms with Crippen LogP contribution in [0.5, 0.6) is 0 Å². The van der Waals surface area contributed by atoms with Crippen LogP contribution in [-0.2, 0) is 12.1 Å². The zero-order chi connectivity index (χ0) is 11.6. The molecule has 1 aliphatic rings. The van der Waals surface area contributed by atoms with Crippen LogP contribution in [-0.4, -0.2) is 28.0 Å². The van der Waals surface area contributed by atoms with E-state index < -0.39 is 5.60 Å². The molecule has 4 nitrogen and oxygen atoms in total. The highest BCUT2D eigenvalue weighted by Crippen LogP contribution is 2.35. The Bertz CT molecular complexity index is 358. The summed E-state index contributed by atoms with van der Waals surface area (Å²) in [6.07, 6.45) is 4.31. The average Bonchev–Trinajstić information content (AvgIpc) is 2.62. The van der Waals surface area contributed by atoms with Gasteiger partial charge in [-0.25, -0.2) is 0 Å². The van der Waals surface area contributed by atoms with Crippen LogP contribution in [0.25, 0.3) is 0 Å². The number of hydrogen-bond donors (Lipinski definition) is 2. The van der Waals surface area contributed by atoms with Crippen LogP contribution in [0.3, 0.4) is 0 Å². The number of piperidine rings is 1. The number of aryl methyl sites for hydroxylation is 1. The zero-order valence-electron chi connectivity index (χ0n) is 9.54. The normalized spacial score (nSPS) is 19.9. The molecular weight excluding hydrogens is 270 g/mol. The third-order valence-corrected chi connectivity index (χ3v) is 3.68. The van der Waals surface area contributed by atoms with Crippen molar-refractivity contribution in [2.24, 2.45) is 0 Å². The van der Waals surface area contributed by atoms with Crippen LogP contribution in [0.2, 0.25) is 0 Å². The van der Waals surface area contributed by atoms with Crippen molar-refractivity contribution in [2.45, 2.75) is 38.3 Å². The number of aromatic nitrogens is 2. The summed E-state index contributed by atoms with van der Waals surface area (Å²) in [4.78, 5) is 0. The second-order valence-corrected chi connectivity index (χ2v) is 5.20. The summed E-state index contributed by atoms with van der Waals surface area (Å²) < 4.78 is 2.85. The number of hydrogen-bond acceptors (Lipinski definition) is 3. The van der Waals surface area contributed by atoms with Gasteiger partial charge in [0.25, 0.3) is 0 Å². The minimum absolute atomic E-state index is 0.726. The van der Waals surface area contributed by atoms with Crippen LogP contribution in [0.4, 0.5) is 0 Å². The van der Waals surface area contributed by atoms with E-state index in [-0.39, 0.29) is 0 Å². The summed E-state index contributed by atoms with van der Waals surface area (Å²) >= 11 is 3.49. The van der Waals surface area contributed by atoms with Crippen LogP contribution in [0, 0.1) is 0 Å². The van der Waals surface area contributed by atoms with Gasteiger partial charge in [-0.05, 0) is 48.3 Å². The summed E-state index contributed by atoms with van der Waals surface area (Å²) in [7, 11) is 0. The van der Waals surface area contributed by atoms with Gasteiger partial charge in [0.2, 0.25) is 0 Å². The van der Waals surface area contributed by atoms with E-state index in [1.165, 1.54) is 0 Å². The lowest BCUT2D eigenvalue weighted by atomic mass is 9.89. The first-order valence-electron chi connectivity index (χ1n) is 5.82. The summed E-state index contributed by atoms with van der Waals surface area (Å²) in [5.74, 6) is 0. The minimum Gasteiger partial charge on any atom is -0.383 e. The van der Waals surface area contributed by atoms with Crippen molar-refractivity contribution in [3.05, 3.63) is 16.4 Å². The molecule has 16 heavy (non-hydrogen) atoms. The number of nitrogens with one attached hydrogen (secondary N) is 1. The maximum atomic E-state index is 10.7. The van der Waals surface area contributed by atoms with E-state index in [0.29, 0.717) is 0 Å². The summed E-state index contributed by atoms with van der Waals surface area (Å²) in [6.45, 7) is 4.70. The fourth-order valence-electron chi connectivity index (χ4n) is 2.28. The highest BCUT2D eigenvalue weighted by molar-refractivity contribution is 9.10. The molecular formula is C11H18BrN3O. The lowest BCUT2D eigenvalue weighted by Crippen LogP contribution is -2.41. The molecule has 0 atom stereocenters. The summed E-state index contributed by atoms with van der Waals surface area (Å²) in [5, 5.41) is 18.3. The minimum atomic E-state index is -0.726. The molecule has 1 saturated heterocycles. The second-order valence-electron chi connectivity index (χ2n) is 4.35. The molecule has 0 aromatic carbocycles. The van der Waals surface area contributed by atoms with Gasteiger partial charge in [-0.2, -0.15) is 5.10 Å². The van der Waals surface area contributed by atoms with Crippen molar-refractivity contribution in [1.82, 2.24) is 15.1 Å². The Hall–Kier alpha value is -0.390. The van der Waals surface area contributed by atoms with Crippen molar-refractivity contribution >= 4 is 15.9 Å². The maximum Gasteiger partial charge on any atom is 0.110 e. The molecule has 0 unspecified atom stereocenters. The van der Waals surface area contributed by atoms with Gasteiger partial charge >= 0.3 is 0 Å². The quantitative estimate of drug-likeness (QED) is 0.888. The lowest BCUT2D eigenvalue weighted by molar-refractivity contribution is -0.00312. The van der Waals surface area contributed by atoms with Gasteiger partial charge in [0.05, 0.1) is 16.4 Å². The van der Waals surface area contributed by atoms with Crippen molar-refractivity contribution in [3.63, 3.8) is 0 Å². The van der Waals surface area contributed by atoms with Crippen molar-refractivity contribution in [3.8, 4) is 0 Å². The number of nitrogens with zero attached hydrogens (tertiary/aromatic N) is 2. The third-order valence-electron chi connectivity index (χ3n) is 3.10. The Morgan fingerprint density at radius 1 is 1.56 bits per heavy atom. The molecule has 2 rings (SSSR count). The molecule has 1 aromatic rings. The smallest absolute Gasteiger partial charge is 0.110 e. The third kappa shape index (κ3) is 2.17. The summed E-state index contributed by atoms with van der Waals surface area (Å²) in [5.41, 5.74) is 0.214. The molecule has 0 spiro atoms. The van der Waals surface area contributed by atoms with Crippen LogP contribution < -0.4 is 5.32 Å². The molecule has 0 saturated carbocycles.